The number of carbonyl (C=O) groups is 4. The van der Waals surface area contributed by atoms with Gasteiger partial charge in [0.2, 0.25) is 5.91 Å². The van der Waals surface area contributed by atoms with Crippen molar-refractivity contribution >= 4 is 35.0 Å². The lowest BCUT2D eigenvalue weighted by Crippen LogP contribution is -2.41. The fraction of sp³-hybridized carbons (Fsp3) is 0.333. The Hall–Kier alpha value is -4.08. The average molecular weight is 466 g/mol. The summed E-state index contributed by atoms with van der Waals surface area (Å²) in [6.07, 6.45) is 3.24. The molecule has 10 heteroatoms. The van der Waals surface area contributed by atoms with E-state index in [2.05, 4.69) is 17.6 Å². The molecule has 0 aromatic heterocycles. The zero-order valence-corrected chi connectivity index (χ0v) is 19.0. The molecule has 2 N–H and O–H groups in total. The van der Waals surface area contributed by atoms with Crippen LogP contribution in [-0.4, -0.2) is 40.0 Å². The van der Waals surface area contributed by atoms with Crippen LogP contribution >= 0.6 is 0 Å². The number of nitrogens with zero attached hydrogens (tertiary/aromatic N) is 2. The molecule has 1 aliphatic heterocycles. The van der Waals surface area contributed by atoms with E-state index in [0.29, 0.717) is 17.7 Å². The maximum atomic E-state index is 13.0. The molecule has 0 unspecified atom stereocenters. The third-order valence-electron chi connectivity index (χ3n) is 5.73. The van der Waals surface area contributed by atoms with Gasteiger partial charge < -0.3 is 10.6 Å². The second-order valence-corrected chi connectivity index (χ2v) is 8.26. The van der Waals surface area contributed by atoms with E-state index in [-0.39, 0.29) is 17.2 Å². The van der Waals surface area contributed by atoms with Gasteiger partial charge in [-0.25, -0.2) is 4.79 Å². The molecule has 1 aliphatic rings. The van der Waals surface area contributed by atoms with E-state index in [1.165, 1.54) is 43.3 Å². The van der Waals surface area contributed by atoms with Crippen LogP contribution in [-0.2, 0) is 15.1 Å². The van der Waals surface area contributed by atoms with Gasteiger partial charge >= 0.3 is 6.03 Å². The van der Waals surface area contributed by atoms with Crippen LogP contribution in [0.3, 0.4) is 0 Å². The van der Waals surface area contributed by atoms with Crippen molar-refractivity contribution in [2.45, 2.75) is 45.1 Å². The third-order valence-corrected chi connectivity index (χ3v) is 5.73. The Bertz CT molecular complexity index is 1110. The lowest BCUT2D eigenvalue weighted by atomic mass is 9.92. The van der Waals surface area contributed by atoms with Crippen molar-refractivity contribution in [3.05, 3.63) is 69.8 Å². The molecular weight excluding hydrogens is 440 g/mol. The smallest absolute Gasteiger partial charge is 0.325 e. The van der Waals surface area contributed by atoms with Crippen molar-refractivity contribution in [2.24, 2.45) is 0 Å². The van der Waals surface area contributed by atoms with Crippen LogP contribution in [0.4, 0.5) is 16.2 Å². The Balaban J connectivity index is 1.65. The standard InChI is InChI=1S/C24H26N4O6/c1-3-4-5-6-21(30)25-18-11-7-16(8-12-18)20(29)15-27-22(31)24(2,26-23(27)32)17-9-13-19(14-10-17)28(33)34/h7-14H,3-6,15H2,1-2H3,(H,25,30)(H,26,32)/t24-/m1/s1. The van der Waals surface area contributed by atoms with Crippen molar-refractivity contribution in [3.63, 3.8) is 0 Å². The lowest BCUT2D eigenvalue weighted by molar-refractivity contribution is -0.384. The SMILES string of the molecule is CCCCCC(=O)Nc1ccc(C(=O)CN2C(=O)N[C@](C)(c3ccc([N+](=O)[O-])cc3)C2=O)cc1. The highest BCUT2D eigenvalue weighted by molar-refractivity contribution is 6.11. The van der Waals surface area contributed by atoms with E-state index < -0.39 is 34.7 Å². The van der Waals surface area contributed by atoms with E-state index in [0.717, 1.165) is 24.2 Å². The van der Waals surface area contributed by atoms with E-state index in [9.17, 15) is 29.3 Å². The van der Waals surface area contributed by atoms with Crippen molar-refractivity contribution in [2.75, 3.05) is 11.9 Å². The molecule has 4 amide bonds. The molecule has 1 saturated heterocycles. The number of Topliss-reactive ketones (excluding diaryl/α,β-unsaturated/α-hetero) is 1. The number of nitro groups is 1. The number of unbranched alkanes of at least 4 members (excludes halogenated alkanes) is 2. The van der Waals surface area contributed by atoms with Gasteiger partial charge in [-0.3, -0.25) is 29.4 Å². The number of nitrogens with one attached hydrogen (secondary N) is 2. The molecule has 178 valence electrons. The second kappa shape index (κ2) is 10.2. The van der Waals surface area contributed by atoms with Gasteiger partial charge in [0.05, 0.1) is 11.5 Å². The fourth-order valence-corrected chi connectivity index (χ4v) is 3.69. The van der Waals surface area contributed by atoms with Crippen molar-refractivity contribution < 1.29 is 24.1 Å². The van der Waals surface area contributed by atoms with Gasteiger partial charge in [0.1, 0.15) is 5.54 Å². The minimum atomic E-state index is -1.45. The first kappa shape index (κ1) is 24.6. The molecule has 0 saturated carbocycles. The van der Waals surface area contributed by atoms with Crippen molar-refractivity contribution in [1.29, 1.82) is 0 Å². The molecule has 0 bridgehead atoms. The Kier molecular flexibility index (Phi) is 7.40. The molecule has 2 aromatic carbocycles. The van der Waals surface area contributed by atoms with Gasteiger partial charge in [-0.05, 0) is 55.3 Å². The summed E-state index contributed by atoms with van der Waals surface area (Å²) in [6.45, 7) is 3.08. The maximum Gasteiger partial charge on any atom is 0.325 e. The lowest BCUT2D eigenvalue weighted by Gasteiger charge is -2.22. The van der Waals surface area contributed by atoms with Crippen LogP contribution in [0.15, 0.2) is 48.5 Å². The Labute approximate surface area is 196 Å². The van der Waals surface area contributed by atoms with Crippen LogP contribution in [0, 0.1) is 10.1 Å². The largest absolute Gasteiger partial charge is 0.326 e. The number of ketones is 1. The van der Waals surface area contributed by atoms with Gasteiger partial charge in [0, 0.05) is 29.8 Å². The topological polar surface area (TPSA) is 139 Å². The number of hydrogen-bond acceptors (Lipinski definition) is 6. The molecular formula is C24H26N4O6. The van der Waals surface area contributed by atoms with E-state index >= 15 is 0 Å². The highest BCUT2D eigenvalue weighted by atomic mass is 16.6. The summed E-state index contributed by atoms with van der Waals surface area (Å²) >= 11 is 0. The van der Waals surface area contributed by atoms with Gasteiger partial charge in [0.15, 0.2) is 5.78 Å². The molecule has 1 heterocycles. The summed E-state index contributed by atoms with van der Waals surface area (Å²) in [5.41, 5.74) is -0.382. The van der Waals surface area contributed by atoms with Crippen molar-refractivity contribution in [1.82, 2.24) is 10.2 Å². The summed E-state index contributed by atoms with van der Waals surface area (Å²) in [7, 11) is 0. The van der Waals surface area contributed by atoms with Crippen LogP contribution in [0.5, 0.6) is 0 Å². The van der Waals surface area contributed by atoms with Gasteiger partial charge in [0.25, 0.3) is 11.6 Å². The summed E-state index contributed by atoms with van der Waals surface area (Å²) in [6, 6.07) is 10.8. The monoisotopic (exact) mass is 466 g/mol. The Morgan fingerprint density at radius 1 is 1.06 bits per heavy atom. The third kappa shape index (κ3) is 5.28. The second-order valence-electron chi connectivity index (χ2n) is 8.26. The van der Waals surface area contributed by atoms with Gasteiger partial charge in [-0.2, -0.15) is 0 Å². The molecule has 3 rings (SSSR count). The van der Waals surface area contributed by atoms with Crippen LogP contribution < -0.4 is 10.6 Å². The maximum absolute atomic E-state index is 13.0. The number of non-ortho nitro benzene ring substituents is 1. The van der Waals surface area contributed by atoms with Crippen LogP contribution in [0.25, 0.3) is 0 Å². The average Bonchev–Trinajstić information content (AvgIpc) is 3.03. The van der Waals surface area contributed by atoms with E-state index in [4.69, 9.17) is 0 Å². The molecule has 0 radical (unpaired) electrons. The Morgan fingerprint density at radius 3 is 2.29 bits per heavy atom. The first-order chi connectivity index (χ1) is 16.2. The minimum absolute atomic E-state index is 0.0996. The molecule has 0 aliphatic carbocycles. The molecule has 1 atom stereocenters. The zero-order chi connectivity index (χ0) is 24.9. The molecule has 1 fully saturated rings. The summed E-state index contributed by atoms with van der Waals surface area (Å²) in [5.74, 6) is -1.18. The first-order valence-corrected chi connectivity index (χ1v) is 11.0. The number of imide groups is 1. The molecule has 34 heavy (non-hydrogen) atoms. The Morgan fingerprint density at radius 2 is 1.71 bits per heavy atom. The van der Waals surface area contributed by atoms with E-state index in [1.807, 2.05) is 0 Å². The highest BCUT2D eigenvalue weighted by Gasteiger charge is 2.49. The molecule has 2 aromatic rings. The number of carbonyl (C=O) groups excluding carboxylic acids is 4. The van der Waals surface area contributed by atoms with Crippen LogP contribution in [0.2, 0.25) is 0 Å². The number of benzene rings is 2. The summed E-state index contributed by atoms with van der Waals surface area (Å²) < 4.78 is 0. The zero-order valence-electron chi connectivity index (χ0n) is 19.0. The highest BCUT2D eigenvalue weighted by Crippen LogP contribution is 2.30. The van der Waals surface area contributed by atoms with Crippen molar-refractivity contribution in [3.8, 4) is 0 Å². The number of urea groups is 1. The number of amides is 4. The number of hydrogen-bond donors (Lipinski definition) is 2. The molecule has 0 spiro atoms. The fourth-order valence-electron chi connectivity index (χ4n) is 3.69. The summed E-state index contributed by atoms with van der Waals surface area (Å²) in [4.78, 5) is 61.3. The van der Waals surface area contributed by atoms with Gasteiger partial charge in [-0.15, -0.1) is 0 Å². The minimum Gasteiger partial charge on any atom is -0.326 e. The molecule has 10 nitrogen and oxygen atoms in total. The summed E-state index contributed by atoms with van der Waals surface area (Å²) in [5, 5.41) is 16.2. The number of rotatable bonds is 10. The quantitative estimate of drug-likeness (QED) is 0.180. The predicted molar refractivity (Wildman–Crippen MR) is 124 cm³/mol. The number of nitro benzene ring substituents is 1. The number of anilines is 1. The normalized spacial score (nSPS) is 17.4. The predicted octanol–water partition coefficient (Wildman–Crippen LogP) is 3.76. The van der Waals surface area contributed by atoms with Gasteiger partial charge in [-0.1, -0.05) is 19.8 Å². The van der Waals surface area contributed by atoms with Crippen LogP contribution in [0.1, 0.15) is 55.5 Å². The first-order valence-electron chi connectivity index (χ1n) is 11.0. The van der Waals surface area contributed by atoms with E-state index in [1.54, 1.807) is 12.1 Å².